The molecule has 3 aromatic rings. The van der Waals surface area contributed by atoms with Crippen LogP contribution in [0.1, 0.15) is 5.56 Å². The van der Waals surface area contributed by atoms with Crippen LogP contribution in [0.15, 0.2) is 36.4 Å². The van der Waals surface area contributed by atoms with Crippen molar-refractivity contribution in [2.45, 2.75) is 6.92 Å². The van der Waals surface area contributed by atoms with Crippen molar-refractivity contribution in [3.05, 3.63) is 52.0 Å². The van der Waals surface area contributed by atoms with Crippen molar-refractivity contribution in [3.8, 4) is 17.1 Å². The lowest BCUT2D eigenvalue weighted by atomic mass is 10.1. The van der Waals surface area contributed by atoms with Crippen molar-refractivity contribution in [1.82, 2.24) is 20.2 Å². The molecule has 0 aliphatic rings. The molecule has 2 aromatic carbocycles. The summed E-state index contributed by atoms with van der Waals surface area (Å²) >= 11 is 12.3. The number of hydrogen-bond donors (Lipinski definition) is 1. The second-order valence-corrected chi connectivity index (χ2v) is 5.38. The van der Waals surface area contributed by atoms with E-state index in [0.29, 0.717) is 32.8 Å². The number of nitrogens with zero attached hydrogens (tertiary/aromatic N) is 4. The Labute approximate surface area is 131 Å². The SMILES string of the molecule is Cc1ccc(Cl)c(-n2nnnc2-c2cccc(Cl)c2N)c1. The van der Waals surface area contributed by atoms with Gasteiger partial charge in [0, 0.05) is 5.56 Å². The van der Waals surface area contributed by atoms with Gasteiger partial charge >= 0.3 is 0 Å². The van der Waals surface area contributed by atoms with Gasteiger partial charge in [-0.3, -0.25) is 0 Å². The summed E-state index contributed by atoms with van der Waals surface area (Å²) in [5.41, 5.74) is 8.84. The highest BCUT2D eigenvalue weighted by molar-refractivity contribution is 6.33. The van der Waals surface area contributed by atoms with E-state index in [2.05, 4.69) is 15.5 Å². The maximum atomic E-state index is 6.24. The average molecular weight is 320 g/mol. The fraction of sp³-hybridized carbons (Fsp3) is 0.0714. The van der Waals surface area contributed by atoms with E-state index in [9.17, 15) is 0 Å². The first-order valence-corrected chi connectivity index (χ1v) is 6.93. The Hall–Kier alpha value is -2.11. The number of halogens is 2. The minimum Gasteiger partial charge on any atom is -0.397 e. The first-order chi connectivity index (χ1) is 10.1. The van der Waals surface area contributed by atoms with Crippen molar-refractivity contribution in [2.75, 3.05) is 5.73 Å². The Morgan fingerprint density at radius 1 is 1.10 bits per heavy atom. The van der Waals surface area contributed by atoms with Crippen LogP contribution in [-0.4, -0.2) is 20.2 Å². The van der Waals surface area contributed by atoms with Gasteiger partial charge in [-0.1, -0.05) is 35.3 Å². The van der Waals surface area contributed by atoms with Crippen molar-refractivity contribution < 1.29 is 0 Å². The number of hydrogen-bond acceptors (Lipinski definition) is 4. The fourth-order valence-corrected chi connectivity index (χ4v) is 2.41. The van der Waals surface area contributed by atoms with E-state index in [1.165, 1.54) is 0 Å². The molecule has 0 spiro atoms. The Morgan fingerprint density at radius 2 is 1.90 bits per heavy atom. The molecule has 0 atom stereocenters. The van der Waals surface area contributed by atoms with E-state index in [0.717, 1.165) is 5.56 Å². The van der Waals surface area contributed by atoms with E-state index < -0.39 is 0 Å². The van der Waals surface area contributed by atoms with Gasteiger partial charge in [0.05, 0.1) is 21.4 Å². The number of aromatic nitrogens is 4. The Bertz CT molecular complexity index is 796. The predicted octanol–water partition coefficient (Wildman–Crippen LogP) is 3.53. The molecule has 1 aromatic heterocycles. The standard InChI is InChI=1S/C14H11Cl2N5/c1-8-5-6-10(15)12(7-8)21-14(18-19-20-21)9-3-2-4-11(16)13(9)17/h2-7H,17H2,1H3. The number of nitrogens with two attached hydrogens (primary N) is 1. The lowest BCUT2D eigenvalue weighted by Gasteiger charge is -2.09. The molecule has 0 radical (unpaired) electrons. The minimum absolute atomic E-state index is 0.430. The van der Waals surface area contributed by atoms with Gasteiger partial charge in [-0.15, -0.1) is 5.10 Å². The summed E-state index contributed by atoms with van der Waals surface area (Å²) in [6.45, 7) is 1.97. The highest BCUT2D eigenvalue weighted by Crippen LogP contribution is 2.32. The van der Waals surface area contributed by atoms with E-state index in [4.69, 9.17) is 28.9 Å². The van der Waals surface area contributed by atoms with Crippen molar-refractivity contribution in [2.24, 2.45) is 0 Å². The van der Waals surface area contributed by atoms with Gasteiger partial charge in [0.15, 0.2) is 5.82 Å². The summed E-state index contributed by atoms with van der Waals surface area (Å²) in [4.78, 5) is 0. The molecule has 0 bridgehead atoms. The van der Waals surface area contributed by atoms with Crippen LogP contribution in [0.25, 0.3) is 17.1 Å². The highest BCUT2D eigenvalue weighted by Gasteiger charge is 2.16. The number of rotatable bonds is 2. The second kappa shape index (κ2) is 5.35. The van der Waals surface area contributed by atoms with Crippen LogP contribution >= 0.6 is 23.2 Å². The summed E-state index contributed by atoms with van der Waals surface area (Å²) < 4.78 is 1.55. The first-order valence-electron chi connectivity index (χ1n) is 6.17. The van der Waals surface area contributed by atoms with Gasteiger partial charge in [0.2, 0.25) is 0 Å². The van der Waals surface area contributed by atoms with Crippen LogP contribution < -0.4 is 5.73 Å². The highest BCUT2D eigenvalue weighted by atomic mass is 35.5. The third-order valence-corrected chi connectivity index (χ3v) is 3.74. The molecule has 0 fully saturated rings. The second-order valence-electron chi connectivity index (χ2n) is 4.57. The lowest BCUT2D eigenvalue weighted by molar-refractivity contribution is 0.791. The van der Waals surface area contributed by atoms with Crippen molar-refractivity contribution >= 4 is 28.9 Å². The first kappa shape index (κ1) is 13.9. The van der Waals surface area contributed by atoms with Crippen molar-refractivity contribution in [3.63, 3.8) is 0 Å². The number of nitrogen functional groups attached to an aromatic ring is 1. The molecular formula is C14H11Cl2N5. The minimum atomic E-state index is 0.430. The monoisotopic (exact) mass is 319 g/mol. The Kier molecular flexibility index (Phi) is 3.53. The Balaban J connectivity index is 2.22. The molecule has 0 saturated heterocycles. The van der Waals surface area contributed by atoms with Crippen LogP contribution in [0.2, 0.25) is 10.0 Å². The molecule has 0 aliphatic heterocycles. The molecule has 7 heteroatoms. The van der Waals surface area contributed by atoms with Gasteiger partial charge in [0.25, 0.3) is 0 Å². The lowest BCUT2D eigenvalue weighted by Crippen LogP contribution is -2.03. The normalized spacial score (nSPS) is 10.8. The van der Waals surface area contributed by atoms with E-state index in [1.807, 2.05) is 25.1 Å². The summed E-state index contributed by atoms with van der Waals surface area (Å²) in [6, 6.07) is 11.0. The molecule has 2 N–H and O–H groups in total. The van der Waals surface area contributed by atoms with E-state index in [-0.39, 0.29) is 0 Å². The maximum Gasteiger partial charge on any atom is 0.189 e. The van der Waals surface area contributed by atoms with Crippen LogP contribution in [0.5, 0.6) is 0 Å². The molecule has 106 valence electrons. The zero-order valence-electron chi connectivity index (χ0n) is 11.1. The van der Waals surface area contributed by atoms with Crippen LogP contribution in [0.4, 0.5) is 5.69 Å². The fourth-order valence-electron chi connectivity index (χ4n) is 2.03. The van der Waals surface area contributed by atoms with E-state index in [1.54, 1.807) is 22.9 Å². The van der Waals surface area contributed by atoms with E-state index >= 15 is 0 Å². The molecule has 0 unspecified atom stereocenters. The zero-order valence-corrected chi connectivity index (χ0v) is 12.6. The quantitative estimate of drug-likeness (QED) is 0.733. The predicted molar refractivity (Wildman–Crippen MR) is 83.8 cm³/mol. The van der Waals surface area contributed by atoms with Crippen LogP contribution in [0.3, 0.4) is 0 Å². The molecule has 21 heavy (non-hydrogen) atoms. The largest absolute Gasteiger partial charge is 0.397 e. The van der Waals surface area contributed by atoms with Crippen molar-refractivity contribution in [1.29, 1.82) is 0 Å². The molecule has 0 aliphatic carbocycles. The smallest absolute Gasteiger partial charge is 0.189 e. The summed E-state index contributed by atoms with van der Waals surface area (Å²) in [7, 11) is 0. The molecule has 5 nitrogen and oxygen atoms in total. The van der Waals surface area contributed by atoms with Gasteiger partial charge < -0.3 is 5.73 Å². The Morgan fingerprint density at radius 3 is 2.71 bits per heavy atom. The average Bonchev–Trinajstić information content (AvgIpc) is 2.93. The van der Waals surface area contributed by atoms with Gasteiger partial charge in [0.1, 0.15) is 0 Å². The zero-order chi connectivity index (χ0) is 15.0. The topological polar surface area (TPSA) is 69.6 Å². The van der Waals surface area contributed by atoms with Crippen LogP contribution in [-0.2, 0) is 0 Å². The molecule has 0 saturated carbocycles. The summed E-state index contributed by atoms with van der Waals surface area (Å²) in [6.07, 6.45) is 0. The molecule has 1 heterocycles. The van der Waals surface area contributed by atoms with Crippen LogP contribution in [0, 0.1) is 6.92 Å². The summed E-state index contributed by atoms with van der Waals surface area (Å²) in [5, 5.41) is 12.8. The third kappa shape index (κ3) is 2.46. The number of aryl methyl sites for hydroxylation is 1. The third-order valence-electron chi connectivity index (χ3n) is 3.09. The molecule has 3 rings (SSSR count). The summed E-state index contributed by atoms with van der Waals surface area (Å²) in [5.74, 6) is 0.488. The van der Waals surface area contributed by atoms with Gasteiger partial charge in [-0.2, -0.15) is 4.68 Å². The maximum absolute atomic E-state index is 6.24. The molecule has 0 amide bonds. The van der Waals surface area contributed by atoms with Gasteiger partial charge in [-0.05, 0) is 47.2 Å². The van der Waals surface area contributed by atoms with Gasteiger partial charge in [-0.25, -0.2) is 0 Å². The molecular weight excluding hydrogens is 309 g/mol. The number of para-hydroxylation sites is 1. The number of anilines is 1. The number of benzene rings is 2. The number of tetrazole rings is 1.